The van der Waals surface area contributed by atoms with Gasteiger partial charge in [0.05, 0.1) is 12.6 Å². The number of carbonyl (C=O) groups is 1. The lowest BCUT2D eigenvalue weighted by molar-refractivity contribution is 0.0748. The van der Waals surface area contributed by atoms with Crippen LogP contribution in [0, 0.1) is 5.92 Å². The number of aliphatic hydroxyl groups is 1. The van der Waals surface area contributed by atoms with Crippen LogP contribution in [0.2, 0.25) is 0 Å². The van der Waals surface area contributed by atoms with Crippen LogP contribution in [0.3, 0.4) is 0 Å². The fraction of sp³-hybridized carbons (Fsp3) is 0.765. The molecule has 1 aromatic rings. The molecule has 0 atom stereocenters. The van der Waals surface area contributed by atoms with Crippen molar-refractivity contribution in [2.24, 2.45) is 5.92 Å². The van der Waals surface area contributed by atoms with E-state index >= 15 is 0 Å². The first kappa shape index (κ1) is 16.5. The van der Waals surface area contributed by atoms with Crippen molar-refractivity contribution >= 4 is 5.91 Å². The Labute approximate surface area is 137 Å². The second-order valence-electron chi connectivity index (χ2n) is 7.52. The molecule has 1 saturated heterocycles. The van der Waals surface area contributed by atoms with Gasteiger partial charge in [-0.3, -0.25) is 9.69 Å². The Morgan fingerprint density at radius 2 is 2.17 bits per heavy atom. The van der Waals surface area contributed by atoms with Gasteiger partial charge in [-0.1, -0.05) is 19.0 Å². The van der Waals surface area contributed by atoms with Crippen LogP contribution in [-0.2, 0) is 6.54 Å². The van der Waals surface area contributed by atoms with Crippen LogP contribution in [0.1, 0.15) is 62.2 Å². The second-order valence-corrected chi connectivity index (χ2v) is 7.52. The summed E-state index contributed by atoms with van der Waals surface area (Å²) in [5.41, 5.74) is 0.347. The number of aromatic nitrogens is 1. The zero-order valence-electron chi connectivity index (χ0n) is 14.0. The Balaban J connectivity index is 1.53. The highest BCUT2D eigenvalue weighted by Crippen LogP contribution is 2.41. The van der Waals surface area contributed by atoms with Crippen molar-refractivity contribution in [2.45, 2.75) is 64.1 Å². The third-order valence-corrected chi connectivity index (χ3v) is 4.76. The average molecular weight is 321 g/mol. The Hall–Kier alpha value is -1.40. The third-order valence-electron chi connectivity index (χ3n) is 4.76. The lowest BCUT2D eigenvalue weighted by atomic mass is 10.0. The van der Waals surface area contributed by atoms with Crippen LogP contribution < -0.4 is 5.32 Å². The van der Waals surface area contributed by atoms with E-state index in [1.54, 1.807) is 6.07 Å². The van der Waals surface area contributed by atoms with Gasteiger partial charge in [0.25, 0.3) is 5.91 Å². The molecular formula is C17H27N3O3. The highest BCUT2D eigenvalue weighted by molar-refractivity contribution is 5.93. The van der Waals surface area contributed by atoms with Crippen LogP contribution in [0.4, 0.5) is 0 Å². The summed E-state index contributed by atoms with van der Waals surface area (Å²) in [5, 5.41) is 16.6. The summed E-state index contributed by atoms with van der Waals surface area (Å²) in [4.78, 5) is 14.6. The molecule has 0 spiro atoms. The molecule has 2 heterocycles. The second kappa shape index (κ2) is 6.61. The molecule has 2 fully saturated rings. The smallest absolute Gasteiger partial charge is 0.273 e. The van der Waals surface area contributed by atoms with Crippen molar-refractivity contribution in [2.75, 3.05) is 13.1 Å². The molecule has 128 valence electrons. The molecule has 6 nitrogen and oxygen atoms in total. The van der Waals surface area contributed by atoms with E-state index in [0.717, 1.165) is 45.2 Å². The summed E-state index contributed by atoms with van der Waals surface area (Å²) in [6.45, 7) is 6.69. The summed E-state index contributed by atoms with van der Waals surface area (Å²) in [6, 6.07) is 1.74. The highest BCUT2D eigenvalue weighted by Gasteiger charge is 2.44. The van der Waals surface area contributed by atoms with Gasteiger partial charge in [-0.15, -0.1) is 0 Å². The number of likely N-dealkylation sites (tertiary alicyclic amines) is 1. The van der Waals surface area contributed by atoms with Crippen LogP contribution >= 0.6 is 0 Å². The summed E-state index contributed by atoms with van der Waals surface area (Å²) in [7, 11) is 0. The lowest BCUT2D eigenvalue weighted by Crippen LogP contribution is -2.38. The van der Waals surface area contributed by atoms with Gasteiger partial charge in [0.1, 0.15) is 0 Å². The number of hydrogen-bond donors (Lipinski definition) is 2. The van der Waals surface area contributed by atoms with Gasteiger partial charge in [0.15, 0.2) is 11.5 Å². The third kappa shape index (κ3) is 4.32. The molecular weight excluding hydrogens is 294 g/mol. The number of nitrogens with zero attached hydrogens (tertiary/aromatic N) is 2. The predicted molar refractivity (Wildman–Crippen MR) is 85.9 cm³/mol. The van der Waals surface area contributed by atoms with E-state index in [1.807, 2.05) is 0 Å². The summed E-state index contributed by atoms with van der Waals surface area (Å²) >= 11 is 0. The molecule has 3 rings (SSSR count). The Bertz CT molecular complexity index is 543. The zero-order valence-corrected chi connectivity index (χ0v) is 14.0. The van der Waals surface area contributed by atoms with Crippen LogP contribution in [0.25, 0.3) is 0 Å². The number of nitrogens with one attached hydrogen (secondary N) is 1. The highest BCUT2D eigenvalue weighted by atomic mass is 16.5. The number of rotatable bonds is 6. The maximum absolute atomic E-state index is 12.4. The Kier molecular flexibility index (Phi) is 4.73. The van der Waals surface area contributed by atoms with Crippen LogP contribution in [0.15, 0.2) is 10.6 Å². The van der Waals surface area contributed by atoms with Crippen molar-refractivity contribution < 1.29 is 14.4 Å². The van der Waals surface area contributed by atoms with Crippen molar-refractivity contribution in [3.8, 4) is 0 Å². The lowest BCUT2D eigenvalue weighted by Gasteiger charge is -2.28. The minimum Gasteiger partial charge on any atom is -0.393 e. The molecule has 1 aromatic heterocycles. The molecule has 6 heteroatoms. The maximum atomic E-state index is 12.4. The molecule has 2 aliphatic rings. The molecule has 23 heavy (non-hydrogen) atoms. The van der Waals surface area contributed by atoms with Gasteiger partial charge in [0, 0.05) is 24.7 Å². The fourth-order valence-electron chi connectivity index (χ4n) is 3.41. The molecule has 0 aromatic carbocycles. The van der Waals surface area contributed by atoms with E-state index in [4.69, 9.17) is 4.52 Å². The van der Waals surface area contributed by atoms with Crippen LogP contribution in [0.5, 0.6) is 0 Å². The fourth-order valence-corrected chi connectivity index (χ4v) is 3.41. The van der Waals surface area contributed by atoms with Crippen molar-refractivity contribution in [1.29, 1.82) is 0 Å². The van der Waals surface area contributed by atoms with Crippen LogP contribution in [-0.4, -0.2) is 45.8 Å². The van der Waals surface area contributed by atoms with Gasteiger partial charge in [-0.25, -0.2) is 0 Å². The maximum Gasteiger partial charge on any atom is 0.273 e. The normalized spacial score (nSPS) is 21.6. The molecule has 1 amide bonds. The monoisotopic (exact) mass is 321 g/mol. The minimum absolute atomic E-state index is 0.0205. The molecule has 0 radical (unpaired) electrons. The Morgan fingerprint density at radius 1 is 1.48 bits per heavy atom. The number of amides is 1. The van der Waals surface area contributed by atoms with E-state index in [2.05, 4.69) is 29.2 Å². The van der Waals surface area contributed by atoms with E-state index in [-0.39, 0.29) is 17.6 Å². The van der Waals surface area contributed by atoms with Crippen molar-refractivity contribution in [1.82, 2.24) is 15.4 Å². The largest absolute Gasteiger partial charge is 0.393 e. The first-order valence-corrected chi connectivity index (χ1v) is 8.64. The van der Waals surface area contributed by atoms with Crippen molar-refractivity contribution in [3.05, 3.63) is 17.5 Å². The molecule has 1 aliphatic heterocycles. The zero-order chi connectivity index (χ0) is 16.4. The van der Waals surface area contributed by atoms with E-state index < -0.39 is 0 Å². The van der Waals surface area contributed by atoms with Gasteiger partial charge in [0.2, 0.25) is 0 Å². The predicted octanol–water partition coefficient (Wildman–Crippen LogP) is 1.94. The number of aliphatic hydroxyl groups excluding tert-OH is 1. The summed E-state index contributed by atoms with van der Waals surface area (Å²) in [6.07, 6.45) is 4.52. The van der Waals surface area contributed by atoms with Gasteiger partial charge in [-0.2, -0.15) is 0 Å². The molecule has 0 bridgehead atoms. The van der Waals surface area contributed by atoms with Gasteiger partial charge >= 0.3 is 0 Å². The average Bonchev–Trinajstić information content (AvgIpc) is 3.06. The summed E-state index contributed by atoms with van der Waals surface area (Å²) in [5.74, 6) is 1.15. The first-order chi connectivity index (χ1) is 11.0. The van der Waals surface area contributed by atoms with Gasteiger partial charge < -0.3 is 14.9 Å². The van der Waals surface area contributed by atoms with E-state index in [9.17, 15) is 9.90 Å². The van der Waals surface area contributed by atoms with E-state index in [1.165, 1.54) is 0 Å². The van der Waals surface area contributed by atoms with E-state index in [0.29, 0.717) is 23.9 Å². The number of hydrogen-bond acceptors (Lipinski definition) is 5. The first-order valence-electron chi connectivity index (χ1n) is 8.64. The summed E-state index contributed by atoms with van der Waals surface area (Å²) < 4.78 is 5.32. The van der Waals surface area contributed by atoms with Gasteiger partial charge in [-0.05, 0) is 38.0 Å². The molecule has 1 aliphatic carbocycles. The number of piperidine rings is 1. The molecule has 1 saturated carbocycles. The SMILES string of the molecule is CC(C)CC1(NC(=O)c2cc(CN3CCC(O)CC3)on2)CC1. The van der Waals surface area contributed by atoms with Crippen molar-refractivity contribution in [3.63, 3.8) is 0 Å². The molecule has 0 unspecified atom stereocenters. The minimum atomic E-state index is -0.182. The molecule has 2 N–H and O–H groups in total. The number of carbonyl (C=O) groups excluding carboxylic acids is 1. The standard InChI is InChI=1S/C17H27N3O3/c1-12(2)10-17(5-6-17)18-16(22)15-9-14(23-19-15)11-20-7-3-13(21)4-8-20/h9,12-13,21H,3-8,10-11H2,1-2H3,(H,18,22). The quantitative estimate of drug-likeness (QED) is 0.837. The topological polar surface area (TPSA) is 78.6 Å². The Morgan fingerprint density at radius 3 is 2.78 bits per heavy atom.